The van der Waals surface area contributed by atoms with Crippen LogP contribution in [0.2, 0.25) is 0 Å². The smallest absolute Gasteiger partial charge is 0.0223 e. The number of aromatic nitrogens is 1. The molecule has 2 rings (SSSR count). The SMILES string of the molecule is CCCn1ccc(CNCc2cccc(C)c2)c1. The highest BCUT2D eigenvalue weighted by Gasteiger charge is 1.97. The van der Waals surface area contributed by atoms with Crippen LogP contribution in [-0.4, -0.2) is 4.57 Å². The van der Waals surface area contributed by atoms with Gasteiger partial charge in [-0.3, -0.25) is 0 Å². The van der Waals surface area contributed by atoms with E-state index in [1.807, 2.05) is 0 Å². The molecule has 18 heavy (non-hydrogen) atoms. The summed E-state index contributed by atoms with van der Waals surface area (Å²) in [6, 6.07) is 10.8. The van der Waals surface area contributed by atoms with Crippen LogP contribution in [0, 0.1) is 6.92 Å². The lowest BCUT2D eigenvalue weighted by Gasteiger charge is -2.04. The standard InChI is InChI=1S/C16H22N2/c1-3-8-18-9-7-16(13-18)12-17-11-15-6-4-5-14(2)10-15/h4-7,9-10,13,17H,3,8,11-12H2,1-2H3. The Balaban J connectivity index is 1.81. The Morgan fingerprint density at radius 3 is 2.72 bits per heavy atom. The highest BCUT2D eigenvalue weighted by molar-refractivity contribution is 5.22. The first-order valence-corrected chi connectivity index (χ1v) is 6.69. The van der Waals surface area contributed by atoms with Gasteiger partial charge < -0.3 is 9.88 Å². The summed E-state index contributed by atoms with van der Waals surface area (Å²) in [6.45, 7) is 7.31. The molecule has 0 amide bonds. The first kappa shape index (κ1) is 12.9. The van der Waals surface area contributed by atoms with Crippen molar-refractivity contribution in [3.05, 3.63) is 59.4 Å². The van der Waals surface area contributed by atoms with E-state index in [0.717, 1.165) is 19.6 Å². The van der Waals surface area contributed by atoms with E-state index in [4.69, 9.17) is 0 Å². The quantitative estimate of drug-likeness (QED) is 0.820. The van der Waals surface area contributed by atoms with E-state index in [0.29, 0.717) is 0 Å². The number of benzene rings is 1. The summed E-state index contributed by atoms with van der Waals surface area (Å²) < 4.78 is 2.25. The fourth-order valence-electron chi connectivity index (χ4n) is 2.17. The number of nitrogens with zero attached hydrogens (tertiary/aromatic N) is 1. The zero-order valence-corrected chi connectivity index (χ0v) is 11.3. The second kappa shape index (κ2) is 6.41. The number of rotatable bonds is 6. The molecule has 1 aromatic carbocycles. The van der Waals surface area contributed by atoms with Gasteiger partial charge in [0.25, 0.3) is 0 Å². The fourth-order valence-corrected chi connectivity index (χ4v) is 2.17. The maximum absolute atomic E-state index is 3.49. The third-order valence-electron chi connectivity index (χ3n) is 3.03. The van der Waals surface area contributed by atoms with Crippen molar-refractivity contribution in [1.82, 2.24) is 9.88 Å². The molecule has 0 atom stereocenters. The van der Waals surface area contributed by atoms with Crippen LogP contribution in [0.25, 0.3) is 0 Å². The third kappa shape index (κ3) is 3.74. The molecule has 0 aliphatic carbocycles. The van der Waals surface area contributed by atoms with Crippen molar-refractivity contribution in [1.29, 1.82) is 0 Å². The topological polar surface area (TPSA) is 17.0 Å². The fraction of sp³-hybridized carbons (Fsp3) is 0.375. The molecular weight excluding hydrogens is 220 g/mol. The highest BCUT2D eigenvalue weighted by Crippen LogP contribution is 2.05. The van der Waals surface area contributed by atoms with E-state index < -0.39 is 0 Å². The van der Waals surface area contributed by atoms with Crippen LogP contribution in [0.15, 0.2) is 42.7 Å². The lowest BCUT2D eigenvalue weighted by atomic mass is 10.1. The summed E-state index contributed by atoms with van der Waals surface area (Å²) in [5.41, 5.74) is 4.03. The second-order valence-corrected chi connectivity index (χ2v) is 4.85. The molecule has 0 saturated carbocycles. The monoisotopic (exact) mass is 242 g/mol. The van der Waals surface area contributed by atoms with Gasteiger partial charge in [0.05, 0.1) is 0 Å². The summed E-state index contributed by atoms with van der Waals surface area (Å²) in [5.74, 6) is 0. The Morgan fingerprint density at radius 2 is 1.94 bits per heavy atom. The number of hydrogen-bond acceptors (Lipinski definition) is 1. The molecule has 0 spiro atoms. The molecular formula is C16H22N2. The predicted molar refractivity (Wildman–Crippen MR) is 76.4 cm³/mol. The molecule has 0 bridgehead atoms. The number of aryl methyl sites for hydroxylation is 2. The molecule has 0 aliphatic heterocycles. The zero-order chi connectivity index (χ0) is 12.8. The van der Waals surface area contributed by atoms with Gasteiger partial charge in [-0.1, -0.05) is 36.8 Å². The number of nitrogens with one attached hydrogen (secondary N) is 1. The van der Waals surface area contributed by atoms with E-state index in [2.05, 4.69) is 66.5 Å². The van der Waals surface area contributed by atoms with Gasteiger partial charge in [-0.15, -0.1) is 0 Å². The molecule has 2 nitrogen and oxygen atoms in total. The summed E-state index contributed by atoms with van der Waals surface area (Å²) in [6.07, 6.45) is 5.57. The lowest BCUT2D eigenvalue weighted by Crippen LogP contribution is -2.12. The Labute approximate surface area is 110 Å². The minimum Gasteiger partial charge on any atom is -0.354 e. The summed E-state index contributed by atoms with van der Waals surface area (Å²) in [7, 11) is 0. The van der Waals surface area contributed by atoms with E-state index in [9.17, 15) is 0 Å². The van der Waals surface area contributed by atoms with Crippen molar-refractivity contribution in [3.8, 4) is 0 Å². The van der Waals surface area contributed by atoms with Crippen LogP contribution < -0.4 is 5.32 Å². The van der Waals surface area contributed by atoms with E-state index in [-0.39, 0.29) is 0 Å². The Bertz CT molecular complexity index is 485. The Kier molecular flexibility index (Phi) is 4.59. The molecule has 2 heteroatoms. The molecule has 0 saturated heterocycles. The van der Waals surface area contributed by atoms with Gasteiger partial charge in [-0.25, -0.2) is 0 Å². The van der Waals surface area contributed by atoms with Crippen molar-refractivity contribution in [2.45, 2.75) is 39.9 Å². The zero-order valence-electron chi connectivity index (χ0n) is 11.3. The molecule has 2 aromatic rings. The average molecular weight is 242 g/mol. The van der Waals surface area contributed by atoms with Crippen molar-refractivity contribution < 1.29 is 0 Å². The number of hydrogen-bond donors (Lipinski definition) is 1. The van der Waals surface area contributed by atoms with Crippen molar-refractivity contribution in [2.75, 3.05) is 0 Å². The molecule has 96 valence electrons. The average Bonchev–Trinajstić information content (AvgIpc) is 2.78. The van der Waals surface area contributed by atoms with Crippen LogP contribution in [0.3, 0.4) is 0 Å². The molecule has 0 unspecified atom stereocenters. The van der Waals surface area contributed by atoms with Crippen LogP contribution in [-0.2, 0) is 19.6 Å². The third-order valence-corrected chi connectivity index (χ3v) is 3.03. The normalized spacial score (nSPS) is 10.8. The van der Waals surface area contributed by atoms with Gasteiger partial charge in [-0.05, 0) is 30.5 Å². The predicted octanol–water partition coefficient (Wildman–Crippen LogP) is 3.50. The minimum absolute atomic E-state index is 0.931. The van der Waals surface area contributed by atoms with Crippen LogP contribution in [0.5, 0.6) is 0 Å². The van der Waals surface area contributed by atoms with Crippen LogP contribution in [0.4, 0.5) is 0 Å². The second-order valence-electron chi connectivity index (χ2n) is 4.85. The molecule has 0 radical (unpaired) electrons. The van der Waals surface area contributed by atoms with E-state index in [1.165, 1.54) is 23.1 Å². The molecule has 1 aromatic heterocycles. The molecule has 1 heterocycles. The van der Waals surface area contributed by atoms with Crippen LogP contribution in [0.1, 0.15) is 30.0 Å². The largest absolute Gasteiger partial charge is 0.354 e. The van der Waals surface area contributed by atoms with Crippen molar-refractivity contribution in [3.63, 3.8) is 0 Å². The Hall–Kier alpha value is -1.54. The maximum Gasteiger partial charge on any atom is 0.0223 e. The van der Waals surface area contributed by atoms with Gasteiger partial charge in [0.15, 0.2) is 0 Å². The molecule has 0 aliphatic rings. The van der Waals surface area contributed by atoms with Gasteiger partial charge in [0, 0.05) is 32.0 Å². The van der Waals surface area contributed by atoms with Gasteiger partial charge in [-0.2, -0.15) is 0 Å². The summed E-state index contributed by atoms with van der Waals surface area (Å²) >= 11 is 0. The first-order valence-electron chi connectivity index (χ1n) is 6.69. The van der Waals surface area contributed by atoms with Crippen molar-refractivity contribution in [2.24, 2.45) is 0 Å². The Morgan fingerprint density at radius 1 is 1.11 bits per heavy atom. The van der Waals surface area contributed by atoms with Crippen molar-refractivity contribution >= 4 is 0 Å². The maximum atomic E-state index is 3.49. The highest BCUT2D eigenvalue weighted by atomic mass is 14.9. The lowest BCUT2D eigenvalue weighted by molar-refractivity contribution is 0.668. The summed E-state index contributed by atoms with van der Waals surface area (Å²) in [4.78, 5) is 0. The van der Waals surface area contributed by atoms with E-state index in [1.54, 1.807) is 0 Å². The molecule has 0 fully saturated rings. The summed E-state index contributed by atoms with van der Waals surface area (Å²) in [5, 5.41) is 3.49. The van der Waals surface area contributed by atoms with E-state index >= 15 is 0 Å². The first-order chi connectivity index (χ1) is 8.78. The molecule has 1 N–H and O–H groups in total. The van der Waals surface area contributed by atoms with Gasteiger partial charge in [0.2, 0.25) is 0 Å². The van der Waals surface area contributed by atoms with Gasteiger partial charge in [0.1, 0.15) is 0 Å². The van der Waals surface area contributed by atoms with Gasteiger partial charge >= 0.3 is 0 Å². The minimum atomic E-state index is 0.931. The van der Waals surface area contributed by atoms with Crippen LogP contribution >= 0.6 is 0 Å².